The van der Waals surface area contributed by atoms with Crippen molar-refractivity contribution in [3.05, 3.63) is 11.4 Å². The van der Waals surface area contributed by atoms with E-state index in [0.29, 0.717) is 24.8 Å². The first kappa shape index (κ1) is 14.6. The van der Waals surface area contributed by atoms with Gasteiger partial charge in [-0.25, -0.2) is 4.68 Å². The molecule has 1 heterocycles. The average Bonchev–Trinajstić information content (AvgIpc) is 2.65. The van der Waals surface area contributed by atoms with Crippen LogP contribution in [0.25, 0.3) is 0 Å². The Balaban J connectivity index is 2.82. The minimum Gasteiger partial charge on any atom is -0.383 e. The molecule has 0 aliphatic heterocycles. The summed E-state index contributed by atoms with van der Waals surface area (Å²) in [5.74, 6) is 0.219. The molecule has 0 aromatic carbocycles. The molecule has 0 atom stereocenters. The molecule has 1 amide bonds. The van der Waals surface area contributed by atoms with Crippen LogP contribution in [0.15, 0.2) is 0 Å². The number of rotatable bonds is 8. The first-order chi connectivity index (χ1) is 8.54. The normalized spacial score (nSPS) is 11.1. The van der Waals surface area contributed by atoms with E-state index in [2.05, 4.69) is 24.2 Å². The molecule has 0 unspecified atom stereocenters. The highest BCUT2D eigenvalue weighted by atomic mass is 16.5. The highest BCUT2D eigenvalue weighted by Crippen LogP contribution is 2.13. The average molecular weight is 254 g/mol. The van der Waals surface area contributed by atoms with Crippen molar-refractivity contribution < 1.29 is 9.53 Å². The number of aromatic nitrogens is 3. The second-order valence-electron chi connectivity index (χ2n) is 4.77. The monoisotopic (exact) mass is 254 g/mol. The van der Waals surface area contributed by atoms with Crippen LogP contribution in [0.3, 0.4) is 0 Å². The van der Waals surface area contributed by atoms with Gasteiger partial charge in [0.1, 0.15) is 0 Å². The Labute approximate surface area is 107 Å². The Morgan fingerprint density at radius 2 is 2.22 bits per heavy atom. The third-order valence-electron chi connectivity index (χ3n) is 2.73. The molecule has 2 N–H and O–H groups in total. The van der Waals surface area contributed by atoms with Crippen molar-refractivity contribution in [2.24, 2.45) is 11.7 Å². The fourth-order valence-electron chi connectivity index (χ4n) is 1.73. The molecule has 0 saturated heterocycles. The van der Waals surface area contributed by atoms with E-state index in [1.54, 1.807) is 7.11 Å². The van der Waals surface area contributed by atoms with E-state index in [-0.39, 0.29) is 12.3 Å². The van der Waals surface area contributed by atoms with E-state index in [4.69, 9.17) is 10.5 Å². The summed E-state index contributed by atoms with van der Waals surface area (Å²) in [6.45, 7) is 5.55. The summed E-state index contributed by atoms with van der Waals surface area (Å²) >= 11 is 0. The summed E-state index contributed by atoms with van der Waals surface area (Å²) < 4.78 is 6.85. The Hall–Kier alpha value is -1.43. The van der Waals surface area contributed by atoms with Crippen LogP contribution in [-0.2, 0) is 28.9 Å². The molecule has 0 bridgehead atoms. The maximum Gasteiger partial charge on any atom is 0.223 e. The van der Waals surface area contributed by atoms with Crippen LogP contribution in [0.5, 0.6) is 0 Å². The second-order valence-corrected chi connectivity index (χ2v) is 4.77. The smallest absolute Gasteiger partial charge is 0.223 e. The number of methoxy groups -OCH3 is 1. The van der Waals surface area contributed by atoms with Crippen LogP contribution < -0.4 is 5.73 Å². The van der Waals surface area contributed by atoms with Gasteiger partial charge >= 0.3 is 0 Å². The van der Waals surface area contributed by atoms with E-state index in [0.717, 1.165) is 18.5 Å². The lowest BCUT2D eigenvalue weighted by Gasteiger charge is -2.09. The van der Waals surface area contributed by atoms with E-state index >= 15 is 0 Å². The zero-order valence-corrected chi connectivity index (χ0v) is 11.3. The van der Waals surface area contributed by atoms with Gasteiger partial charge in [0.05, 0.1) is 31.0 Å². The van der Waals surface area contributed by atoms with Gasteiger partial charge in [-0.3, -0.25) is 4.79 Å². The van der Waals surface area contributed by atoms with Crippen molar-refractivity contribution in [1.29, 1.82) is 0 Å². The molecule has 0 aliphatic rings. The number of nitrogens with zero attached hydrogens (tertiary/aromatic N) is 3. The molecular weight excluding hydrogens is 232 g/mol. The predicted molar refractivity (Wildman–Crippen MR) is 68.0 cm³/mol. The SMILES string of the molecule is COCCn1nnc(CC(N)=O)c1CCC(C)C. The van der Waals surface area contributed by atoms with Crippen LogP contribution in [0.4, 0.5) is 0 Å². The van der Waals surface area contributed by atoms with Gasteiger partial charge in [-0.05, 0) is 18.8 Å². The van der Waals surface area contributed by atoms with E-state index in [9.17, 15) is 4.79 Å². The number of ether oxygens (including phenoxy) is 1. The van der Waals surface area contributed by atoms with E-state index in [1.807, 2.05) is 4.68 Å². The molecule has 0 aliphatic carbocycles. The highest BCUT2D eigenvalue weighted by molar-refractivity contribution is 5.76. The van der Waals surface area contributed by atoms with Crippen LogP contribution in [-0.4, -0.2) is 34.6 Å². The summed E-state index contributed by atoms with van der Waals surface area (Å²) in [7, 11) is 1.65. The first-order valence-corrected chi connectivity index (χ1v) is 6.23. The minimum absolute atomic E-state index is 0.153. The first-order valence-electron chi connectivity index (χ1n) is 6.23. The number of amides is 1. The van der Waals surface area contributed by atoms with Gasteiger partial charge in [-0.15, -0.1) is 5.10 Å². The molecule has 1 rings (SSSR count). The minimum atomic E-state index is -0.375. The number of nitrogens with two attached hydrogens (primary N) is 1. The number of carbonyl (C=O) groups is 1. The summed E-state index contributed by atoms with van der Waals surface area (Å²) in [5.41, 5.74) is 6.91. The molecular formula is C12H22N4O2. The molecule has 0 fully saturated rings. The zero-order valence-electron chi connectivity index (χ0n) is 11.3. The lowest BCUT2D eigenvalue weighted by atomic mass is 10.0. The fraction of sp³-hybridized carbons (Fsp3) is 0.750. The second kappa shape index (κ2) is 7.10. The standard InChI is InChI=1S/C12H22N4O2/c1-9(2)4-5-11-10(8-12(13)17)14-15-16(11)6-7-18-3/h9H,4-8H2,1-3H3,(H2,13,17). The topological polar surface area (TPSA) is 83.0 Å². The van der Waals surface area contributed by atoms with Crippen molar-refractivity contribution in [3.8, 4) is 0 Å². The largest absolute Gasteiger partial charge is 0.383 e. The Kier molecular flexibility index (Phi) is 5.77. The van der Waals surface area contributed by atoms with Crippen LogP contribution in [0.2, 0.25) is 0 Å². The summed E-state index contributed by atoms with van der Waals surface area (Å²) in [6, 6.07) is 0. The van der Waals surface area contributed by atoms with Crippen LogP contribution >= 0.6 is 0 Å². The molecule has 18 heavy (non-hydrogen) atoms. The van der Waals surface area contributed by atoms with Crippen molar-refractivity contribution >= 4 is 5.91 Å². The maximum absolute atomic E-state index is 11.0. The van der Waals surface area contributed by atoms with Gasteiger partial charge in [-0.2, -0.15) is 0 Å². The Morgan fingerprint density at radius 3 is 2.78 bits per heavy atom. The van der Waals surface area contributed by atoms with Crippen LogP contribution in [0.1, 0.15) is 31.7 Å². The van der Waals surface area contributed by atoms with Gasteiger partial charge in [0.25, 0.3) is 0 Å². The quantitative estimate of drug-likeness (QED) is 0.734. The van der Waals surface area contributed by atoms with Gasteiger partial charge in [0.2, 0.25) is 5.91 Å². The lowest BCUT2D eigenvalue weighted by molar-refractivity contribution is -0.117. The van der Waals surface area contributed by atoms with E-state index < -0.39 is 0 Å². The summed E-state index contributed by atoms with van der Waals surface area (Å²) in [5, 5.41) is 8.11. The summed E-state index contributed by atoms with van der Waals surface area (Å²) in [6.07, 6.45) is 2.05. The Bertz CT molecular complexity index is 387. The van der Waals surface area contributed by atoms with Crippen molar-refractivity contribution in [3.63, 3.8) is 0 Å². The molecule has 0 saturated carbocycles. The number of carbonyl (C=O) groups excluding carboxylic acids is 1. The number of hydrogen-bond acceptors (Lipinski definition) is 4. The summed E-state index contributed by atoms with van der Waals surface area (Å²) in [4.78, 5) is 11.0. The molecule has 6 nitrogen and oxygen atoms in total. The van der Waals surface area contributed by atoms with Gasteiger partial charge in [0, 0.05) is 7.11 Å². The fourth-order valence-corrected chi connectivity index (χ4v) is 1.73. The number of hydrogen-bond donors (Lipinski definition) is 1. The third kappa shape index (κ3) is 4.44. The molecule has 6 heteroatoms. The lowest BCUT2D eigenvalue weighted by Crippen LogP contribution is -2.16. The van der Waals surface area contributed by atoms with Gasteiger partial charge in [-0.1, -0.05) is 19.1 Å². The van der Waals surface area contributed by atoms with Crippen molar-refractivity contribution in [2.75, 3.05) is 13.7 Å². The highest BCUT2D eigenvalue weighted by Gasteiger charge is 2.14. The predicted octanol–water partition coefficient (Wildman–Crippen LogP) is 0.541. The van der Waals surface area contributed by atoms with E-state index in [1.165, 1.54) is 0 Å². The third-order valence-corrected chi connectivity index (χ3v) is 2.73. The molecule has 1 aromatic heterocycles. The number of primary amides is 1. The molecule has 1 aromatic rings. The van der Waals surface area contributed by atoms with Gasteiger partial charge < -0.3 is 10.5 Å². The molecule has 102 valence electrons. The van der Waals surface area contributed by atoms with Crippen molar-refractivity contribution in [2.45, 2.75) is 39.7 Å². The van der Waals surface area contributed by atoms with Crippen molar-refractivity contribution in [1.82, 2.24) is 15.0 Å². The van der Waals surface area contributed by atoms with Gasteiger partial charge in [0.15, 0.2) is 0 Å². The molecule has 0 radical (unpaired) electrons. The maximum atomic E-state index is 11.0. The molecule has 0 spiro atoms. The zero-order chi connectivity index (χ0) is 13.5. The van der Waals surface area contributed by atoms with Crippen LogP contribution in [0, 0.1) is 5.92 Å². The Morgan fingerprint density at radius 1 is 1.50 bits per heavy atom.